The van der Waals surface area contributed by atoms with Gasteiger partial charge in [0.05, 0.1) is 12.6 Å². The van der Waals surface area contributed by atoms with Crippen LogP contribution in [0.3, 0.4) is 0 Å². The first-order valence-corrected chi connectivity index (χ1v) is 6.87. The standard InChI is InChI=1S/C15H21NO3/c1-2-12-6-3-4-8-14(12)16-10-13(7-5-9-17)19-11-15(16)18/h3-4,6,8,13,17H,2,5,7,9-11H2,1H3. The van der Waals surface area contributed by atoms with Gasteiger partial charge in [0.25, 0.3) is 5.91 Å². The molecule has 1 unspecified atom stereocenters. The van der Waals surface area contributed by atoms with Crippen molar-refractivity contribution in [1.82, 2.24) is 0 Å². The topological polar surface area (TPSA) is 49.8 Å². The molecule has 4 nitrogen and oxygen atoms in total. The number of carbonyl (C=O) groups excluding carboxylic acids is 1. The fraction of sp³-hybridized carbons (Fsp3) is 0.533. The van der Waals surface area contributed by atoms with Crippen LogP contribution in [0.15, 0.2) is 24.3 Å². The number of aliphatic hydroxyl groups excluding tert-OH is 1. The zero-order chi connectivity index (χ0) is 13.7. The lowest BCUT2D eigenvalue weighted by Crippen LogP contribution is -2.47. The van der Waals surface area contributed by atoms with Gasteiger partial charge in [-0.15, -0.1) is 0 Å². The highest BCUT2D eigenvalue weighted by Crippen LogP contribution is 2.24. The number of ether oxygens (including phenoxy) is 1. The van der Waals surface area contributed by atoms with Gasteiger partial charge in [0.1, 0.15) is 6.61 Å². The van der Waals surface area contributed by atoms with E-state index < -0.39 is 0 Å². The average Bonchev–Trinajstić information content (AvgIpc) is 2.46. The number of para-hydroxylation sites is 1. The molecule has 1 aliphatic heterocycles. The molecule has 4 heteroatoms. The number of hydrogen-bond donors (Lipinski definition) is 1. The van der Waals surface area contributed by atoms with Crippen LogP contribution in [0.1, 0.15) is 25.3 Å². The van der Waals surface area contributed by atoms with Gasteiger partial charge in [-0.05, 0) is 30.9 Å². The molecule has 0 aromatic heterocycles. The highest BCUT2D eigenvalue weighted by atomic mass is 16.5. The van der Waals surface area contributed by atoms with Gasteiger partial charge in [-0.2, -0.15) is 0 Å². The summed E-state index contributed by atoms with van der Waals surface area (Å²) in [6.45, 7) is 2.97. The van der Waals surface area contributed by atoms with E-state index in [9.17, 15) is 4.79 Å². The van der Waals surface area contributed by atoms with E-state index >= 15 is 0 Å². The molecule has 1 amide bonds. The summed E-state index contributed by atoms with van der Waals surface area (Å²) in [7, 11) is 0. The van der Waals surface area contributed by atoms with Crippen LogP contribution in [-0.4, -0.2) is 36.9 Å². The second kappa shape index (κ2) is 6.68. The number of aryl methyl sites for hydroxylation is 1. The molecular formula is C15H21NO3. The van der Waals surface area contributed by atoms with Gasteiger partial charge in [0, 0.05) is 12.3 Å². The molecule has 1 saturated heterocycles. The number of aliphatic hydroxyl groups is 1. The summed E-state index contributed by atoms with van der Waals surface area (Å²) >= 11 is 0. The van der Waals surface area contributed by atoms with Gasteiger partial charge in [-0.25, -0.2) is 0 Å². The van der Waals surface area contributed by atoms with Crippen LogP contribution in [0.2, 0.25) is 0 Å². The van der Waals surface area contributed by atoms with Crippen molar-refractivity contribution in [3.05, 3.63) is 29.8 Å². The molecular weight excluding hydrogens is 242 g/mol. The molecule has 1 aromatic rings. The minimum Gasteiger partial charge on any atom is -0.396 e. The second-order valence-corrected chi connectivity index (χ2v) is 4.79. The van der Waals surface area contributed by atoms with E-state index in [0.29, 0.717) is 13.0 Å². The minimum atomic E-state index is 0.0150. The summed E-state index contributed by atoms with van der Waals surface area (Å²) in [5.74, 6) is 0.0150. The van der Waals surface area contributed by atoms with E-state index in [4.69, 9.17) is 9.84 Å². The zero-order valence-corrected chi connectivity index (χ0v) is 11.3. The van der Waals surface area contributed by atoms with E-state index in [-0.39, 0.29) is 25.2 Å². The van der Waals surface area contributed by atoms with Gasteiger partial charge < -0.3 is 14.7 Å². The van der Waals surface area contributed by atoms with Crippen LogP contribution in [0.25, 0.3) is 0 Å². The number of carbonyl (C=O) groups is 1. The number of hydrogen-bond acceptors (Lipinski definition) is 3. The lowest BCUT2D eigenvalue weighted by Gasteiger charge is -2.33. The van der Waals surface area contributed by atoms with Crippen LogP contribution in [0.5, 0.6) is 0 Å². The fourth-order valence-electron chi connectivity index (χ4n) is 2.42. The highest BCUT2D eigenvalue weighted by molar-refractivity contribution is 5.95. The first kappa shape index (κ1) is 14.0. The van der Waals surface area contributed by atoms with Crippen LogP contribution in [0.4, 0.5) is 5.69 Å². The molecule has 0 aliphatic carbocycles. The molecule has 1 N–H and O–H groups in total. The summed E-state index contributed by atoms with van der Waals surface area (Å²) in [4.78, 5) is 13.9. The second-order valence-electron chi connectivity index (χ2n) is 4.79. The van der Waals surface area contributed by atoms with E-state index in [0.717, 1.165) is 18.5 Å². The lowest BCUT2D eigenvalue weighted by atomic mass is 10.1. The quantitative estimate of drug-likeness (QED) is 0.880. The summed E-state index contributed by atoms with van der Waals surface area (Å²) in [5, 5.41) is 8.88. The highest BCUT2D eigenvalue weighted by Gasteiger charge is 2.27. The van der Waals surface area contributed by atoms with Crippen molar-refractivity contribution in [3.8, 4) is 0 Å². The zero-order valence-electron chi connectivity index (χ0n) is 11.3. The largest absolute Gasteiger partial charge is 0.396 e. The average molecular weight is 263 g/mol. The molecule has 2 rings (SSSR count). The van der Waals surface area contributed by atoms with E-state index in [1.807, 2.05) is 23.1 Å². The monoisotopic (exact) mass is 263 g/mol. The molecule has 1 aromatic carbocycles. The Bertz CT molecular complexity index is 433. The Kier molecular flexibility index (Phi) is 4.93. The first-order chi connectivity index (χ1) is 9.26. The molecule has 104 valence electrons. The molecule has 0 bridgehead atoms. The van der Waals surface area contributed by atoms with Gasteiger partial charge in [-0.1, -0.05) is 25.1 Å². The predicted octanol–water partition coefficient (Wildman–Crippen LogP) is 1.75. The third kappa shape index (κ3) is 3.33. The van der Waals surface area contributed by atoms with E-state index in [1.165, 1.54) is 5.56 Å². The first-order valence-electron chi connectivity index (χ1n) is 6.87. The molecule has 1 atom stereocenters. The van der Waals surface area contributed by atoms with Crippen molar-refractivity contribution >= 4 is 11.6 Å². The Morgan fingerprint density at radius 3 is 2.95 bits per heavy atom. The number of anilines is 1. The van der Waals surface area contributed by atoms with Crippen LogP contribution >= 0.6 is 0 Å². The summed E-state index contributed by atoms with van der Waals surface area (Å²) in [5.41, 5.74) is 2.17. The molecule has 1 fully saturated rings. The lowest BCUT2D eigenvalue weighted by molar-refractivity contribution is -0.129. The SMILES string of the molecule is CCc1ccccc1N1CC(CCCO)OCC1=O. The maximum atomic E-state index is 12.0. The Hall–Kier alpha value is -1.39. The summed E-state index contributed by atoms with van der Waals surface area (Å²) < 4.78 is 5.52. The molecule has 0 saturated carbocycles. The number of amides is 1. The van der Waals surface area contributed by atoms with Crippen LogP contribution in [0, 0.1) is 0 Å². The van der Waals surface area contributed by atoms with Crippen molar-refractivity contribution in [2.75, 3.05) is 24.7 Å². The van der Waals surface area contributed by atoms with E-state index in [1.54, 1.807) is 0 Å². The van der Waals surface area contributed by atoms with Crippen molar-refractivity contribution < 1.29 is 14.6 Å². The van der Waals surface area contributed by atoms with Gasteiger partial charge in [-0.3, -0.25) is 4.79 Å². The molecule has 1 aliphatic rings. The van der Waals surface area contributed by atoms with Gasteiger partial charge >= 0.3 is 0 Å². The van der Waals surface area contributed by atoms with Crippen molar-refractivity contribution in [2.45, 2.75) is 32.3 Å². The predicted molar refractivity (Wildman–Crippen MR) is 74.2 cm³/mol. The van der Waals surface area contributed by atoms with Crippen molar-refractivity contribution in [3.63, 3.8) is 0 Å². The normalized spacial score (nSPS) is 19.8. The van der Waals surface area contributed by atoms with Crippen molar-refractivity contribution in [2.24, 2.45) is 0 Å². The Labute approximate surface area is 114 Å². The smallest absolute Gasteiger partial charge is 0.253 e. The maximum absolute atomic E-state index is 12.0. The van der Waals surface area contributed by atoms with Crippen molar-refractivity contribution in [1.29, 1.82) is 0 Å². The Balaban J connectivity index is 2.14. The number of benzene rings is 1. The molecule has 0 radical (unpaired) electrons. The van der Waals surface area contributed by atoms with Crippen LogP contribution < -0.4 is 4.90 Å². The Morgan fingerprint density at radius 2 is 2.21 bits per heavy atom. The fourth-order valence-corrected chi connectivity index (χ4v) is 2.42. The molecule has 1 heterocycles. The summed E-state index contributed by atoms with van der Waals surface area (Å²) in [6, 6.07) is 8.00. The van der Waals surface area contributed by atoms with Crippen LogP contribution in [-0.2, 0) is 16.0 Å². The Morgan fingerprint density at radius 1 is 1.42 bits per heavy atom. The minimum absolute atomic E-state index is 0.0150. The van der Waals surface area contributed by atoms with Gasteiger partial charge in [0.2, 0.25) is 0 Å². The van der Waals surface area contributed by atoms with Gasteiger partial charge in [0.15, 0.2) is 0 Å². The molecule has 0 spiro atoms. The third-order valence-electron chi connectivity index (χ3n) is 3.48. The number of rotatable bonds is 5. The number of nitrogens with zero attached hydrogens (tertiary/aromatic N) is 1. The third-order valence-corrected chi connectivity index (χ3v) is 3.48. The number of morpholine rings is 1. The van der Waals surface area contributed by atoms with E-state index in [2.05, 4.69) is 13.0 Å². The maximum Gasteiger partial charge on any atom is 0.253 e. The summed E-state index contributed by atoms with van der Waals surface area (Å²) in [6.07, 6.45) is 2.42. The molecule has 19 heavy (non-hydrogen) atoms.